The van der Waals surface area contributed by atoms with E-state index in [1.807, 2.05) is 0 Å². The van der Waals surface area contributed by atoms with Crippen molar-refractivity contribution in [3.05, 3.63) is 0 Å². The standard InChI is InChI=1S/C11H23NO3S/c1-16(13,14)9-7-12-6-8-15-10-11-4-2-3-5-11/h11-12H,2-10H2,1H3. The zero-order valence-electron chi connectivity index (χ0n) is 10.1. The fourth-order valence-electron chi connectivity index (χ4n) is 1.95. The smallest absolute Gasteiger partial charge is 0.148 e. The fraction of sp³-hybridized carbons (Fsp3) is 1.00. The lowest BCUT2D eigenvalue weighted by molar-refractivity contribution is 0.103. The van der Waals surface area contributed by atoms with E-state index < -0.39 is 9.84 Å². The molecule has 0 amide bonds. The van der Waals surface area contributed by atoms with Gasteiger partial charge in [-0.1, -0.05) is 12.8 Å². The molecule has 0 aliphatic heterocycles. The van der Waals surface area contributed by atoms with Gasteiger partial charge < -0.3 is 10.1 Å². The first-order valence-electron chi connectivity index (χ1n) is 6.04. The minimum absolute atomic E-state index is 0.204. The average Bonchev–Trinajstić information content (AvgIpc) is 2.67. The third kappa shape index (κ3) is 7.19. The maximum Gasteiger partial charge on any atom is 0.148 e. The lowest BCUT2D eigenvalue weighted by Crippen LogP contribution is -2.26. The summed E-state index contributed by atoms with van der Waals surface area (Å²) in [6.07, 6.45) is 6.57. The van der Waals surface area contributed by atoms with E-state index in [9.17, 15) is 8.42 Å². The molecular weight excluding hydrogens is 226 g/mol. The van der Waals surface area contributed by atoms with E-state index in [2.05, 4.69) is 5.32 Å². The molecule has 96 valence electrons. The van der Waals surface area contributed by atoms with E-state index in [1.165, 1.54) is 31.9 Å². The van der Waals surface area contributed by atoms with Gasteiger partial charge in [-0.15, -0.1) is 0 Å². The van der Waals surface area contributed by atoms with Crippen LogP contribution in [0.1, 0.15) is 25.7 Å². The highest BCUT2D eigenvalue weighted by molar-refractivity contribution is 7.90. The van der Waals surface area contributed by atoms with Crippen LogP contribution in [0.3, 0.4) is 0 Å². The van der Waals surface area contributed by atoms with Gasteiger partial charge in [-0.3, -0.25) is 0 Å². The molecule has 1 rings (SSSR count). The largest absolute Gasteiger partial charge is 0.380 e. The predicted octanol–water partition coefficient (Wildman–Crippen LogP) is 0.827. The highest BCUT2D eigenvalue weighted by Gasteiger charge is 2.14. The Hall–Kier alpha value is -0.130. The number of ether oxygens (including phenoxy) is 1. The zero-order chi connectivity index (χ0) is 11.9. The van der Waals surface area contributed by atoms with Crippen molar-refractivity contribution in [3.8, 4) is 0 Å². The zero-order valence-corrected chi connectivity index (χ0v) is 10.9. The topological polar surface area (TPSA) is 55.4 Å². The SMILES string of the molecule is CS(=O)(=O)CCNCCOCC1CCCC1. The second kappa shape index (κ2) is 7.25. The summed E-state index contributed by atoms with van der Waals surface area (Å²) >= 11 is 0. The van der Waals surface area contributed by atoms with Crippen LogP contribution >= 0.6 is 0 Å². The molecule has 0 saturated heterocycles. The molecule has 0 unspecified atom stereocenters. The molecule has 0 spiro atoms. The molecule has 0 radical (unpaired) electrons. The van der Waals surface area contributed by atoms with E-state index in [0.717, 1.165) is 19.1 Å². The summed E-state index contributed by atoms with van der Waals surface area (Å²) in [7, 11) is -2.83. The summed E-state index contributed by atoms with van der Waals surface area (Å²) in [5, 5.41) is 3.06. The monoisotopic (exact) mass is 249 g/mol. The summed E-state index contributed by atoms with van der Waals surface area (Å²) in [6, 6.07) is 0. The summed E-state index contributed by atoms with van der Waals surface area (Å²) in [5.74, 6) is 0.964. The Morgan fingerprint density at radius 1 is 1.25 bits per heavy atom. The van der Waals surface area contributed by atoms with Crippen LogP contribution < -0.4 is 5.32 Å². The van der Waals surface area contributed by atoms with Gasteiger partial charge in [0.2, 0.25) is 0 Å². The Morgan fingerprint density at radius 3 is 2.56 bits per heavy atom. The van der Waals surface area contributed by atoms with Crippen molar-refractivity contribution < 1.29 is 13.2 Å². The van der Waals surface area contributed by atoms with Crippen LogP contribution in [-0.4, -0.2) is 46.7 Å². The van der Waals surface area contributed by atoms with Crippen molar-refractivity contribution in [2.24, 2.45) is 5.92 Å². The summed E-state index contributed by atoms with van der Waals surface area (Å²) < 4.78 is 27.2. The highest BCUT2D eigenvalue weighted by atomic mass is 32.2. The lowest BCUT2D eigenvalue weighted by Gasteiger charge is -2.10. The summed E-state index contributed by atoms with van der Waals surface area (Å²) in [5.41, 5.74) is 0. The van der Waals surface area contributed by atoms with Crippen molar-refractivity contribution in [2.75, 3.05) is 38.3 Å². The first-order chi connectivity index (χ1) is 7.58. The van der Waals surface area contributed by atoms with Crippen LogP contribution in [0, 0.1) is 5.92 Å². The van der Waals surface area contributed by atoms with Gasteiger partial charge in [0.25, 0.3) is 0 Å². The fourth-order valence-corrected chi connectivity index (χ4v) is 2.47. The molecule has 0 aromatic heterocycles. The van der Waals surface area contributed by atoms with Crippen LogP contribution in [0.4, 0.5) is 0 Å². The molecule has 0 heterocycles. The minimum atomic E-state index is -2.83. The van der Waals surface area contributed by atoms with E-state index in [4.69, 9.17) is 4.74 Å². The predicted molar refractivity (Wildman–Crippen MR) is 65.4 cm³/mol. The molecule has 1 N–H and O–H groups in total. The Bertz CT molecular complexity index is 271. The summed E-state index contributed by atoms with van der Waals surface area (Å²) in [6.45, 7) is 2.81. The molecule has 0 aromatic rings. The van der Waals surface area contributed by atoms with Crippen LogP contribution in [0.5, 0.6) is 0 Å². The van der Waals surface area contributed by atoms with E-state index in [0.29, 0.717) is 13.2 Å². The van der Waals surface area contributed by atoms with Crippen molar-refractivity contribution in [3.63, 3.8) is 0 Å². The Labute approximate surface area is 98.7 Å². The number of rotatable bonds is 8. The second-order valence-electron chi connectivity index (χ2n) is 4.61. The Balaban J connectivity index is 1.84. The van der Waals surface area contributed by atoms with Crippen molar-refractivity contribution in [1.29, 1.82) is 0 Å². The first kappa shape index (κ1) is 13.9. The normalized spacial score (nSPS) is 18.1. The quantitative estimate of drug-likeness (QED) is 0.647. The minimum Gasteiger partial charge on any atom is -0.380 e. The van der Waals surface area contributed by atoms with Gasteiger partial charge in [-0.25, -0.2) is 8.42 Å². The van der Waals surface area contributed by atoms with Gasteiger partial charge in [0.1, 0.15) is 9.84 Å². The second-order valence-corrected chi connectivity index (χ2v) is 6.87. The van der Waals surface area contributed by atoms with Gasteiger partial charge in [0.15, 0.2) is 0 Å². The van der Waals surface area contributed by atoms with Gasteiger partial charge >= 0.3 is 0 Å². The van der Waals surface area contributed by atoms with Crippen molar-refractivity contribution in [1.82, 2.24) is 5.32 Å². The summed E-state index contributed by atoms with van der Waals surface area (Å²) in [4.78, 5) is 0. The van der Waals surface area contributed by atoms with E-state index in [1.54, 1.807) is 0 Å². The van der Waals surface area contributed by atoms with Crippen LogP contribution in [-0.2, 0) is 14.6 Å². The van der Waals surface area contributed by atoms with E-state index in [-0.39, 0.29) is 5.75 Å². The number of hydrogen-bond donors (Lipinski definition) is 1. The maximum absolute atomic E-state index is 10.8. The van der Waals surface area contributed by atoms with Crippen LogP contribution in [0.15, 0.2) is 0 Å². The molecule has 1 aliphatic rings. The molecular formula is C11H23NO3S. The molecule has 4 nitrogen and oxygen atoms in total. The highest BCUT2D eigenvalue weighted by Crippen LogP contribution is 2.24. The van der Waals surface area contributed by atoms with Gasteiger partial charge in [-0.05, 0) is 18.8 Å². The van der Waals surface area contributed by atoms with Crippen LogP contribution in [0.25, 0.3) is 0 Å². The van der Waals surface area contributed by atoms with Crippen molar-refractivity contribution >= 4 is 9.84 Å². The number of nitrogens with one attached hydrogen (secondary N) is 1. The first-order valence-corrected chi connectivity index (χ1v) is 8.10. The van der Waals surface area contributed by atoms with E-state index >= 15 is 0 Å². The van der Waals surface area contributed by atoms with Crippen molar-refractivity contribution in [2.45, 2.75) is 25.7 Å². The average molecular weight is 249 g/mol. The molecule has 16 heavy (non-hydrogen) atoms. The van der Waals surface area contributed by atoms with Gasteiger partial charge in [0.05, 0.1) is 12.4 Å². The third-order valence-electron chi connectivity index (χ3n) is 2.90. The Kier molecular flexibility index (Phi) is 6.31. The van der Waals surface area contributed by atoms with Gasteiger partial charge in [-0.2, -0.15) is 0 Å². The molecule has 1 aliphatic carbocycles. The molecule has 0 aromatic carbocycles. The number of hydrogen-bond acceptors (Lipinski definition) is 4. The molecule has 0 atom stereocenters. The Morgan fingerprint density at radius 2 is 1.94 bits per heavy atom. The molecule has 1 fully saturated rings. The van der Waals surface area contributed by atoms with Crippen LogP contribution in [0.2, 0.25) is 0 Å². The molecule has 1 saturated carbocycles. The molecule has 5 heteroatoms. The van der Waals surface area contributed by atoms with Gasteiger partial charge in [0, 0.05) is 26.0 Å². The number of sulfone groups is 1. The maximum atomic E-state index is 10.8. The third-order valence-corrected chi connectivity index (χ3v) is 3.85. The lowest BCUT2D eigenvalue weighted by atomic mass is 10.1. The molecule has 0 bridgehead atoms.